The predicted octanol–water partition coefficient (Wildman–Crippen LogP) is 3.21. The zero-order valence-corrected chi connectivity index (χ0v) is 11.6. The van der Waals surface area contributed by atoms with Crippen molar-refractivity contribution in [1.29, 1.82) is 5.26 Å². The number of nitrogens with zero attached hydrogens (tertiary/aromatic N) is 3. The maximum atomic E-state index is 9.36. The number of hydrogen-bond acceptors (Lipinski definition) is 3. The van der Waals surface area contributed by atoms with E-state index in [0.29, 0.717) is 5.56 Å². The van der Waals surface area contributed by atoms with E-state index in [-0.39, 0.29) is 5.82 Å². The normalized spacial score (nSPS) is 10.3. The van der Waals surface area contributed by atoms with Crippen LogP contribution in [0.3, 0.4) is 0 Å². The van der Waals surface area contributed by atoms with Crippen molar-refractivity contribution < 1.29 is 0 Å². The fourth-order valence-electron chi connectivity index (χ4n) is 2.39. The van der Waals surface area contributed by atoms with Crippen LogP contribution in [-0.2, 0) is 7.05 Å². The molecule has 3 rings (SSSR count). The number of nitrogen functional groups attached to an aromatic ring is 1. The molecule has 0 saturated heterocycles. The number of rotatable bonds is 2. The molecule has 0 fully saturated rings. The summed E-state index contributed by atoms with van der Waals surface area (Å²) in [5.41, 5.74) is 9.89. The standard InChI is InChI=1S/C17H14N4/c1-21-9-5-8-16(21)15-10-13(12-6-3-2-4-7-12)14(11-18)17(19)20-15/h2-10H,1H3,(H2,19,20). The van der Waals surface area contributed by atoms with Gasteiger partial charge in [0.25, 0.3) is 0 Å². The van der Waals surface area contributed by atoms with Gasteiger partial charge in [-0.3, -0.25) is 0 Å². The molecule has 0 aliphatic rings. The molecule has 4 nitrogen and oxygen atoms in total. The van der Waals surface area contributed by atoms with Crippen LogP contribution in [0.4, 0.5) is 5.82 Å². The number of nitriles is 1. The molecule has 0 bridgehead atoms. The predicted molar refractivity (Wildman–Crippen MR) is 83.2 cm³/mol. The van der Waals surface area contributed by atoms with Crippen LogP contribution in [0.5, 0.6) is 0 Å². The summed E-state index contributed by atoms with van der Waals surface area (Å²) in [6, 6.07) is 17.7. The zero-order chi connectivity index (χ0) is 14.8. The number of nitrogens with two attached hydrogens (primary N) is 1. The lowest BCUT2D eigenvalue weighted by Gasteiger charge is -2.10. The van der Waals surface area contributed by atoms with Gasteiger partial charge in [-0.15, -0.1) is 0 Å². The van der Waals surface area contributed by atoms with Crippen LogP contribution < -0.4 is 5.73 Å². The number of aryl methyl sites for hydroxylation is 1. The molecule has 0 atom stereocenters. The summed E-state index contributed by atoms with van der Waals surface area (Å²) in [7, 11) is 1.95. The third-order valence-corrected chi connectivity index (χ3v) is 3.45. The molecule has 2 aromatic heterocycles. The highest BCUT2D eigenvalue weighted by molar-refractivity contribution is 5.79. The lowest BCUT2D eigenvalue weighted by atomic mass is 10.00. The van der Waals surface area contributed by atoms with Crippen molar-refractivity contribution >= 4 is 5.82 Å². The van der Waals surface area contributed by atoms with Gasteiger partial charge in [0.1, 0.15) is 17.5 Å². The van der Waals surface area contributed by atoms with Gasteiger partial charge in [0, 0.05) is 18.8 Å². The van der Waals surface area contributed by atoms with Crippen molar-refractivity contribution in [3.05, 3.63) is 60.3 Å². The topological polar surface area (TPSA) is 67.6 Å². The van der Waals surface area contributed by atoms with E-state index in [1.165, 1.54) is 0 Å². The minimum Gasteiger partial charge on any atom is -0.383 e. The lowest BCUT2D eigenvalue weighted by molar-refractivity contribution is 0.931. The third-order valence-electron chi connectivity index (χ3n) is 3.45. The third kappa shape index (κ3) is 2.26. The Morgan fingerprint density at radius 2 is 1.90 bits per heavy atom. The largest absolute Gasteiger partial charge is 0.383 e. The van der Waals surface area contributed by atoms with Crippen LogP contribution in [0.2, 0.25) is 0 Å². The molecule has 2 heterocycles. The molecule has 0 unspecified atom stereocenters. The van der Waals surface area contributed by atoms with E-state index in [9.17, 15) is 5.26 Å². The fourth-order valence-corrected chi connectivity index (χ4v) is 2.39. The van der Waals surface area contributed by atoms with Gasteiger partial charge in [0.2, 0.25) is 0 Å². The zero-order valence-electron chi connectivity index (χ0n) is 11.6. The summed E-state index contributed by atoms with van der Waals surface area (Å²) in [6.45, 7) is 0. The molecule has 0 radical (unpaired) electrons. The quantitative estimate of drug-likeness (QED) is 0.780. The average molecular weight is 274 g/mol. The molecular formula is C17H14N4. The Hall–Kier alpha value is -3.06. The number of aromatic nitrogens is 2. The second-order valence-corrected chi connectivity index (χ2v) is 4.80. The summed E-state index contributed by atoms with van der Waals surface area (Å²) >= 11 is 0. The Morgan fingerprint density at radius 3 is 2.52 bits per heavy atom. The highest BCUT2D eigenvalue weighted by atomic mass is 15.0. The molecule has 0 aliphatic heterocycles. The van der Waals surface area contributed by atoms with Crippen LogP contribution in [0, 0.1) is 11.3 Å². The number of anilines is 1. The van der Waals surface area contributed by atoms with Crippen molar-refractivity contribution in [2.24, 2.45) is 7.05 Å². The molecule has 4 heteroatoms. The van der Waals surface area contributed by atoms with E-state index in [2.05, 4.69) is 11.1 Å². The molecule has 3 aromatic rings. The molecular weight excluding hydrogens is 260 g/mol. The second-order valence-electron chi connectivity index (χ2n) is 4.80. The summed E-state index contributed by atoms with van der Waals surface area (Å²) in [4.78, 5) is 4.37. The van der Waals surface area contributed by atoms with Crippen molar-refractivity contribution in [1.82, 2.24) is 9.55 Å². The number of pyridine rings is 1. The van der Waals surface area contributed by atoms with Gasteiger partial charge < -0.3 is 10.3 Å². The summed E-state index contributed by atoms with van der Waals surface area (Å²) in [5, 5.41) is 9.36. The van der Waals surface area contributed by atoms with Crippen molar-refractivity contribution in [2.45, 2.75) is 0 Å². The van der Waals surface area contributed by atoms with Gasteiger partial charge in [-0.1, -0.05) is 30.3 Å². The Bertz CT molecular complexity index is 826. The van der Waals surface area contributed by atoms with E-state index in [1.807, 2.05) is 66.3 Å². The Labute approximate surface area is 123 Å². The maximum absolute atomic E-state index is 9.36. The van der Waals surface area contributed by atoms with Gasteiger partial charge in [-0.25, -0.2) is 4.98 Å². The van der Waals surface area contributed by atoms with Crippen molar-refractivity contribution in [2.75, 3.05) is 5.73 Å². The first-order chi connectivity index (χ1) is 10.2. The Kier molecular flexibility index (Phi) is 3.17. The van der Waals surface area contributed by atoms with E-state index < -0.39 is 0 Å². The molecule has 2 N–H and O–H groups in total. The number of hydrogen-bond donors (Lipinski definition) is 1. The Balaban J connectivity index is 2.26. The SMILES string of the molecule is Cn1cccc1-c1cc(-c2ccccc2)c(C#N)c(N)n1. The van der Waals surface area contributed by atoms with Gasteiger partial charge >= 0.3 is 0 Å². The van der Waals surface area contributed by atoms with Gasteiger partial charge in [-0.2, -0.15) is 5.26 Å². The first-order valence-electron chi connectivity index (χ1n) is 6.58. The monoisotopic (exact) mass is 274 g/mol. The van der Waals surface area contributed by atoms with Crippen molar-refractivity contribution in [3.8, 4) is 28.6 Å². The fraction of sp³-hybridized carbons (Fsp3) is 0.0588. The van der Waals surface area contributed by atoms with Crippen LogP contribution in [0.25, 0.3) is 22.5 Å². The molecule has 0 aliphatic carbocycles. The van der Waals surface area contributed by atoms with Crippen molar-refractivity contribution in [3.63, 3.8) is 0 Å². The van der Waals surface area contributed by atoms with Crippen LogP contribution in [-0.4, -0.2) is 9.55 Å². The average Bonchev–Trinajstić information content (AvgIpc) is 2.93. The molecule has 102 valence electrons. The van der Waals surface area contributed by atoms with Crippen LogP contribution in [0.1, 0.15) is 5.56 Å². The molecule has 0 amide bonds. The first-order valence-corrected chi connectivity index (χ1v) is 6.58. The maximum Gasteiger partial charge on any atom is 0.142 e. The lowest BCUT2D eigenvalue weighted by Crippen LogP contribution is -2.01. The smallest absolute Gasteiger partial charge is 0.142 e. The molecule has 0 spiro atoms. The van der Waals surface area contributed by atoms with E-state index in [0.717, 1.165) is 22.5 Å². The highest BCUT2D eigenvalue weighted by Crippen LogP contribution is 2.30. The van der Waals surface area contributed by atoms with E-state index in [4.69, 9.17) is 5.73 Å². The molecule has 21 heavy (non-hydrogen) atoms. The molecule has 0 saturated carbocycles. The highest BCUT2D eigenvalue weighted by Gasteiger charge is 2.14. The summed E-state index contributed by atoms with van der Waals surface area (Å²) in [6.07, 6.45) is 1.95. The van der Waals surface area contributed by atoms with Gasteiger partial charge in [0.15, 0.2) is 0 Å². The second kappa shape index (κ2) is 5.14. The van der Waals surface area contributed by atoms with Crippen LogP contribution in [0.15, 0.2) is 54.7 Å². The minimum atomic E-state index is 0.259. The Morgan fingerprint density at radius 1 is 1.14 bits per heavy atom. The minimum absolute atomic E-state index is 0.259. The number of benzene rings is 1. The van der Waals surface area contributed by atoms with Gasteiger partial charge in [-0.05, 0) is 23.8 Å². The van der Waals surface area contributed by atoms with E-state index >= 15 is 0 Å². The van der Waals surface area contributed by atoms with E-state index in [1.54, 1.807) is 0 Å². The van der Waals surface area contributed by atoms with Crippen LogP contribution >= 0.6 is 0 Å². The summed E-state index contributed by atoms with van der Waals surface area (Å²) in [5.74, 6) is 0.259. The summed E-state index contributed by atoms with van der Waals surface area (Å²) < 4.78 is 1.97. The van der Waals surface area contributed by atoms with Gasteiger partial charge in [0.05, 0.1) is 11.4 Å². The first kappa shape index (κ1) is 12.9. The molecule has 1 aromatic carbocycles.